The van der Waals surface area contributed by atoms with Crippen molar-refractivity contribution in [2.75, 3.05) is 0 Å². The van der Waals surface area contributed by atoms with E-state index in [1.54, 1.807) is 0 Å². The Balaban J connectivity index is 4.09. The van der Waals surface area contributed by atoms with Crippen LogP contribution in [0.5, 0.6) is 0 Å². The first-order valence-electron chi connectivity index (χ1n) is 3.35. The van der Waals surface area contributed by atoms with Crippen molar-refractivity contribution < 1.29 is 18.7 Å². The molecule has 0 heterocycles. The van der Waals surface area contributed by atoms with E-state index in [1.165, 1.54) is 19.9 Å². The van der Waals surface area contributed by atoms with Crippen LogP contribution in [0.3, 0.4) is 0 Å². The van der Waals surface area contributed by atoms with Gasteiger partial charge in [-0.3, -0.25) is 4.21 Å². The monoisotopic (exact) mass is 191 g/mol. The Bertz CT molecular complexity index is 219. The van der Waals surface area contributed by atoms with E-state index in [0.29, 0.717) is 0 Å². The number of rotatable bonds is 4. The van der Waals surface area contributed by atoms with Crippen LogP contribution in [0.1, 0.15) is 20.3 Å². The summed E-state index contributed by atoms with van der Waals surface area (Å²) in [5, 5.41) is 8.21. The van der Waals surface area contributed by atoms with Gasteiger partial charge in [-0.25, -0.2) is 4.79 Å². The molecule has 0 rings (SSSR count). The Morgan fingerprint density at radius 3 is 2.50 bits per heavy atom. The molecular weight excluding hydrogens is 180 g/mol. The molecule has 0 aromatic carbocycles. The molecule has 12 heavy (non-hydrogen) atoms. The average Bonchev–Trinajstić information content (AvgIpc) is 1.85. The Kier molecular flexibility index (Phi) is 4.12. The van der Waals surface area contributed by atoms with Crippen molar-refractivity contribution in [2.45, 2.75) is 25.0 Å². The summed E-state index contributed by atoms with van der Waals surface area (Å²) in [6.07, 6.45) is 2.47. The maximum atomic E-state index is 10.5. The lowest BCUT2D eigenvalue weighted by Gasteiger charge is -2.25. The van der Waals surface area contributed by atoms with E-state index >= 15 is 0 Å². The van der Waals surface area contributed by atoms with Crippen LogP contribution in [0.15, 0.2) is 12.2 Å². The number of hydrogen-bond donors (Lipinski definition) is 1. The van der Waals surface area contributed by atoms with Gasteiger partial charge in [-0.2, -0.15) is 0 Å². The van der Waals surface area contributed by atoms with E-state index in [4.69, 9.17) is 5.11 Å². The fraction of sp³-hybridized carbons (Fsp3) is 0.571. The Morgan fingerprint density at radius 1 is 1.67 bits per heavy atom. The van der Waals surface area contributed by atoms with Gasteiger partial charge in [0.05, 0.1) is 0 Å². The van der Waals surface area contributed by atoms with Crippen molar-refractivity contribution in [1.29, 1.82) is 0 Å². The van der Waals surface area contributed by atoms with Crippen LogP contribution in [0.25, 0.3) is 0 Å². The largest absolute Gasteiger partial charge is 0.772 e. The predicted octanol–water partition coefficient (Wildman–Crippen LogP) is 0.675. The maximum absolute atomic E-state index is 10.5. The lowest BCUT2D eigenvalue weighted by molar-refractivity contribution is -0.131. The molecule has 0 bridgehead atoms. The molecule has 0 radical (unpaired) electrons. The first-order chi connectivity index (χ1) is 5.36. The number of carboxylic acid groups (broad SMARTS) is 1. The van der Waals surface area contributed by atoms with E-state index in [1.807, 2.05) is 0 Å². The first-order valence-corrected chi connectivity index (χ1v) is 4.42. The molecule has 0 amide bonds. The van der Waals surface area contributed by atoms with Gasteiger partial charge >= 0.3 is 5.97 Å². The normalized spacial score (nSPS) is 14.9. The number of carboxylic acids is 1. The summed E-state index contributed by atoms with van der Waals surface area (Å²) in [4.78, 5) is 10.0. The van der Waals surface area contributed by atoms with Crippen molar-refractivity contribution in [2.24, 2.45) is 0 Å². The molecule has 0 aromatic heterocycles. The molecule has 0 aliphatic heterocycles. The molecule has 1 atom stereocenters. The van der Waals surface area contributed by atoms with Crippen LogP contribution in [0, 0.1) is 0 Å². The fourth-order valence-corrected chi connectivity index (χ4v) is 0.744. The van der Waals surface area contributed by atoms with E-state index in [0.717, 1.165) is 6.08 Å². The molecule has 5 heteroatoms. The molecule has 0 aliphatic carbocycles. The molecule has 0 saturated heterocycles. The predicted molar refractivity (Wildman–Crippen MR) is 44.4 cm³/mol. The van der Waals surface area contributed by atoms with Crippen LogP contribution in [0.4, 0.5) is 0 Å². The minimum absolute atomic E-state index is 0.204. The molecular formula is C7H11O4S-. The van der Waals surface area contributed by atoms with Crippen LogP contribution >= 0.6 is 0 Å². The lowest BCUT2D eigenvalue weighted by atomic mass is 10.1. The molecule has 70 valence electrons. The number of allylic oxidation sites excluding steroid dienone is 1. The van der Waals surface area contributed by atoms with Gasteiger partial charge in [-0.05, 0) is 31.3 Å². The second-order valence-corrected chi connectivity index (χ2v) is 4.51. The van der Waals surface area contributed by atoms with Crippen molar-refractivity contribution in [3.05, 3.63) is 12.2 Å². The standard InChI is InChI=1S/C7H12O4S/c1-7(2,12(10)11)5-3-4-6(8)9/h3-4H,5H2,1-2H3,(H,8,9)(H,10,11)/p-1. The van der Waals surface area contributed by atoms with Crippen LogP contribution in [0.2, 0.25) is 0 Å². The highest BCUT2D eigenvalue weighted by atomic mass is 32.2. The highest BCUT2D eigenvalue weighted by Crippen LogP contribution is 2.16. The number of aliphatic carboxylic acids is 1. The van der Waals surface area contributed by atoms with Gasteiger partial charge in [0.1, 0.15) is 0 Å². The molecule has 1 unspecified atom stereocenters. The average molecular weight is 191 g/mol. The molecule has 0 aliphatic rings. The third kappa shape index (κ3) is 4.25. The second-order valence-electron chi connectivity index (χ2n) is 2.94. The van der Waals surface area contributed by atoms with Gasteiger partial charge in [0.15, 0.2) is 0 Å². The minimum Gasteiger partial charge on any atom is -0.772 e. The summed E-state index contributed by atoms with van der Waals surface area (Å²) in [7, 11) is 0. The highest BCUT2D eigenvalue weighted by molar-refractivity contribution is 7.80. The molecule has 0 spiro atoms. The van der Waals surface area contributed by atoms with Gasteiger partial charge in [-0.15, -0.1) is 0 Å². The van der Waals surface area contributed by atoms with Crippen molar-refractivity contribution in [3.63, 3.8) is 0 Å². The molecule has 0 saturated carbocycles. The summed E-state index contributed by atoms with van der Waals surface area (Å²) in [6.45, 7) is 3.06. The second kappa shape index (κ2) is 4.37. The topological polar surface area (TPSA) is 77.4 Å². The summed E-state index contributed by atoms with van der Waals surface area (Å²) in [5.41, 5.74) is 0. The Hall–Kier alpha value is -0.680. The van der Waals surface area contributed by atoms with Gasteiger partial charge < -0.3 is 9.66 Å². The van der Waals surface area contributed by atoms with Gasteiger partial charge in [-0.1, -0.05) is 6.08 Å². The minimum atomic E-state index is -2.18. The summed E-state index contributed by atoms with van der Waals surface area (Å²) >= 11 is -2.18. The van der Waals surface area contributed by atoms with Gasteiger partial charge in [0, 0.05) is 10.8 Å². The quantitative estimate of drug-likeness (QED) is 0.523. The molecule has 0 fully saturated rings. The third-order valence-electron chi connectivity index (χ3n) is 1.32. The summed E-state index contributed by atoms with van der Waals surface area (Å²) < 4.78 is 20.1. The van der Waals surface area contributed by atoms with E-state index < -0.39 is 21.8 Å². The zero-order valence-corrected chi connectivity index (χ0v) is 7.76. The van der Waals surface area contributed by atoms with Gasteiger partial charge in [0.2, 0.25) is 0 Å². The zero-order valence-electron chi connectivity index (χ0n) is 6.94. The Morgan fingerprint density at radius 2 is 2.17 bits per heavy atom. The van der Waals surface area contributed by atoms with Crippen LogP contribution in [-0.4, -0.2) is 24.6 Å². The number of carbonyl (C=O) groups is 1. The van der Waals surface area contributed by atoms with E-state index in [-0.39, 0.29) is 6.42 Å². The van der Waals surface area contributed by atoms with Crippen molar-refractivity contribution >= 4 is 17.0 Å². The molecule has 4 nitrogen and oxygen atoms in total. The summed E-state index contributed by atoms with van der Waals surface area (Å²) in [6, 6.07) is 0. The Labute approximate surface area is 73.6 Å². The first kappa shape index (κ1) is 11.3. The maximum Gasteiger partial charge on any atom is 0.327 e. The smallest absolute Gasteiger partial charge is 0.327 e. The fourth-order valence-electron chi connectivity index (χ4n) is 0.512. The molecule has 0 aromatic rings. The van der Waals surface area contributed by atoms with Crippen LogP contribution < -0.4 is 0 Å². The van der Waals surface area contributed by atoms with Crippen molar-refractivity contribution in [1.82, 2.24) is 0 Å². The summed E-state index contributed by atoms with van der Waals surface area (Å²) in [5.74, 6) is -1.07. The van der Waals surface area contributed by atoms with Crippen molar-refractivity contribution in [3.8, 4) is 0 Å². The third-order valence-corrected chi connectivity index (χ3v) is 2.39. The van der Waals surface area contributed by atoms with E-state index in [9.17, 15) is 13.6 Å². The molecule has 1 N–H and O–H groups in total. The van der Waals surface area contributed by atoms with Gasteiger partial charge in [0.25, 0.3) is 0 Å². The zero-order chi connectivity index (χ0) is 9.78. The SMILES string of the molecule is CC(C)(CC=CC(=O)O)S(=O)[O-]. The van der Waals surface area contributed by atoms with E-state index in [2.05, 4.69) is 0 Å². The lowest BCUT2D eigenvalue weighted by Crippen LogP contribution is -2.25. The van der Waals surface area contributed by atoms with Crippen LogP contribution in [-0.2, 0) is 15.9 Å². The highest BCUT2D eigenvalue weighted by Gasteiger charge is 2.16. The number of hydrogen-bond acceptors (Lipinski definition) is 3.